The lowest BCUT2D eigenvalue weighted by atomic mass is 10.2. The smallest absolute Gasteiger partial charge is 0.298 e. The summed E-state index contributed by atoms with van der Waals surface area (Å²) in [5.74, 6) is 1.09. The topological polar surface area (TPSA) is 64.1 Å². The summed E-state index contributed by atoms with van der Waals surface area (Å²) < 4.78 is 9.68. The van der Waals surface area contributed by atoms with Crippen molar-refractivity contribution in [3.8, 4) is 10.9 Å². The van der Waals surface area contributed by atoms with Gasteiger partial charge in [0, 0.05) is 23.6 Å². The van der Waals surface area contributed by atoms with Gasteiger partial charge >= 0.3 is 0 Å². The van der Waals surface area contributed by atoms with Crippen LogP contribution >= 0.6 is 11.5 Å². The highest BCUT2D eigenvalue weighted by molar-refractivity contribution is 7.07. The molecular weight excluding hydrogens is 310 g/mol. The molecule has 1 heterocycles. The van der Waals surface area contributed by atoms with Crippen LogP contribution in [0.3, 0.4) is 0 Å². The molecule has 3 aromatic rings. The molecule has 2 aromatic carbocycles. The molecule has 116 valence electrons. The maximum absolute atomic E-state index is 12.2. The Hall–Kier alpha value is -2.73. The van der Waals surface area contributed by atoms with Gasteiger partial charge in [-0.1, -0.05) is 36.4 Å². The molecule has 0 saturated carbocycles. The number of benzene rings is 2. The number of hydrogen-bond acceptors (Lipinski definition) is 5. The van der Waals surface area contributed by atoms with Crippen LogP contribution in [0.15, 0.2) is 54.6 Å². The number of carbonyl (C=O) groups is 1. The van der Waals surface area contributed by atoms with Crippen LogP contribution in [-0.2, 0) is 6.54 Å². The van der Waals surface area contributed by atoms with E-state index >= 15 is 0 Å². The van der Waals surface area contributed by atoms with Gasteiger partial charge in [0.2, 0.25) is 0 Å². The number of nitrogens with one attached hydrogen (secondary N) is 1. The zero-order valence-corrected chi connectivity index (χ0v) is 13.3. The third-order valence-electron chi connectivity index (χ3n) is 3.11. The van der Waals surface area contributed by atoms with Crippen LogP contribution in [-0.4, -0.2) is 15.3 Å². The SMILES string of the molecule is Cc1nsc(Oc2cccc(C(=O)NCc3ccccc3)c2)n1. The first-order valence-electron chi connectivity index (χ1n) is 7.11. The van der Waals surface area contributed by atoms with Crippen molar-refractivity contribution in [1.29, 1.82) is 0 Å². The second-order valence-corrected chi connectivity index (χ2v) is 5.62. The van der Waals surface area contributed by atoms with Crippen LogP contribution in [0, 0.1) is 6.92 Å². The van der Waals surface area contributed by atoms with E-state index in [0.717, 1.165) is 5.56 Å². The van der Waals surface area contributed by atoms with E-state index in [4.69, 9.17) is 4.74 Å². The molecule has 1 amide bonds. The molecule has 0 saturated heterocycles. The summed E-state index contributed by atoms with van der Waals surface area (Å²) in [5, 5.41) is 3.35. The fourth-order valence-electron chi connectivity index (χ4n) is 2.00. The van der Waals surface area contributed by atoms with Crippen molar-refractivity contribution in [3.05, 3.63) is 71.5 Å². The molecule has 6 heteroatoms. The Morgan fingerprint density at radius 3 is 2.74 bits per heavy atom. The molecule has 5 nitrogen and oxygen atoms in total. The Morgan fingerprint density at radius 1 is 1.17 bits per heavy atom. The average Bonchev–Trinajstić information content (AvgIpc) is 2.99. The van der Waals surface area contributed by atoms with E-state index < -0.39 is 0 Å². The number of aryl methyl sites for hydroxylation is 1. The number of aromatic nitrogens is 2. The quantitative estimate of drug-likeness (QED) is 0.779. The Kier molecular flexibility index (Phi) is 4.63. The van der Waals surface area contributed by atoms with E-state index in [0.29, 0.717) is 28.9 Å². The molecule has 3 rings (SSSR count). The first-order chi connectivity index (χ1) is 11.2. The van der Waals surface area contributed by atoms with Crippen molar-refractivity contribution in [1.82, 2.24) is 14.7 Å². The summed E-state index contributed by atoms with van der Waals surface area (Å²) in [7, 11) is 0. The minimum Gasteiger partial charge on any atom is -0.430 e. The summed E-state index contributed by atoms with van der Waals surface area (Å²) >= 11 is 1.18. The van der Waals surface area contributed by atoms with E-state index in [1.165, 1.54) is 11.5 Å². The molecule has 1 N–H and O–H groups in total. The fourth-order valence-corrected chi connectivity index (χ4v) is 2.56. The van der Waals surface area contributed by atoms with Gasteiger partial charge in [-0.25, -0.2) is 0 Å². The van der Waals surface area contributed by atoms with Gasteiger partial charge in [0.15, 0.2) is 0 Å². The van der Waals surface area contributed by atoms with Gasteiger partial charge in [-0.05, 0) is 30.7 Å². The lowest BCUT2D eigenvalue weighted by Crippen LogP contribution is -2.22. The van der Waals surface area contributed by atoms with Crippen molar-refractivity contribution >= 4 is 17.4 Å². The molecule has 0 spiro atoms. The maximum atomic E-state index is 12.2. The van der Waals surface area contributed by atoms with E-state index in [9.17, 15) is 4.79 Å². The highest BCUT2D eigenvalue weighted by Crippen LogP contribution is 2.23. The number of carbonyl (C=O) groups excluding carboxylic acids is 1. The Morgan fingerprint density at radius 2 is 2.00 bits per heavy atom. The third-order valence-corrected chi connectivity index (χ3v) is 3.79. The lowest BCUT2D eigenvalue weighted by Gasteiger charge is -2.07. The highest BCUT2D eigenvalue weighted by atomic mass is 32.1. The van der Waals surface area contributed by atoms with Crippen molar-refractivity contribution in [2.75, 3.05) is 0 Å². The number of amides is 1. The van der Waals surface area contributed by atoms with Crippen molar-refractivity contribution in [3.63, 3.8) is 0 Å². The molecule has 0 unspecified atom stereocenters. The first-order valence-corrected chi connectivity index (χ1v) is 7.88. The largest absolute Gasteiger partial charge is 0.430 e. The van der Waals surface area contributed by atoms with Crippen LogP contribution in [0.25, 0.3) is 0 Å². The highest BCUT2D eigenvalue weighted by Gasteiger charge is 2.08. The predicted molar refractivity (Wildman–Crippen MR) is 88.8 cm³/mol. The Bertz CT molecular complexity index is 802. The molecule has 0 atom stereocenters. The molecule has 0 fully saturated rings. The van der Waals surface area contributed by atoms with Crippen molar-refractivity contribution in [2.24, 2.45) is 0 Å². The molecular formula is C17H15N3O2S. The number of ether oxygens (including phenoxy) is 1. The normalized spacial score (nSPS) is 10.3. The summed E-state index contributed by atoms with van der Waals surface area (Å²) in [6.07, 6.45) is 0. The summed E-state index contributed by atoms with van der Waals surface area (Å²) in [6, 6.07) is 16.8. The average molecular weight is 325 g/mol. The van der Waals surface area contributed by atoms with Gasteiger partial charge in [0.25, 0.3) is 11.1 Å². The molecule has 0 bridgehead atoms. The monoisotopic (exact) mass is 325 g/mol. The third kappa shape index (κ3) is 4.14. The van der Waals surface area contributed by atoms with Crippen LogP contribution in [0.1, 0.15) is 21.7 Å². The zero-order chi connectivity index (χ0) is 16.1. The van der Waals surface area contributed by atoms with Gasteiger partial charge in [-0.3, -0.25) is 4.79 Å². The van der Waals surface area contributed by atoms with Crippen LogP contribution < -0.4 is 10.1 Å². The number of hydrogen-bond donors (Lipinski definition) is 1. The van der Waals surface area contributed by atoms with Crippen molar-refractivity contribution < 1.29 is 9.53 Å². The zero-order valence-electron chi connectivity index (χ0n) is 12.5. The van der Waals surface area contributed by atoms with Crippen LogP contribution in [0.4, 0.5) is 0 Å². The Labute approximate surface area is 138 Å². The summed E-state index contributed by atoms with van der Waals surface area (Å²) in [4.78, 5) is 16.4. The van der Waals surface area contributed by atoms with Gasteiger partial charge < -0.3 is 10.1 Å². The second kappa shape index (κ2) is 7.02. The van der Waals surface area contributed by atoms with Gasteiger partial charge in [-0.2, -0.15) is 9.36 Å². The molecule has 1 aromatic heterocycles. The van der Waals surface area contributed by atoms with Gasteiger partial charge in [-0.15, -0.1) is 0 Å². The minimum atomic E-state index is -0.146. The van der Waals surface area contributed by atoms with E-state index in [2.05, 4.69) is 14.7 Å². The number of rotatable bonds is 5. The molecule has 0 aliphatic carbocycles. The number of nitrogens with zero attached hydrogens (tertiary/aromatic N) is 2. The van der Waals surface area contributed by atoms with Gasteiger partial charge in [0.05, 0.1) is 0 Å². The van der Waals surface area contributed by atoms with E-state index in [1.54, 1.807) is 31.2 Å². The maximum Gasteiger partial charge on any atom is 0.298 e. The van der Waals surface area contributed by atoms with Crippen molar-refractivity contribution in [2.45, 2.75) is 13.5 Å². The summed E-state index contributed by atoms with van der Waals surface area (Å²) in [5.41, 5.74) is 1.59. The molecule has 0 radical (unpaired) electrons. The molecule has 23 heavy (non-hydrogen) atoms. The predicted octanol–water partition coefficient (Wildman–Crippen LogP) is 3.57. The standard InChI is InChI=1S/C17H15N3O2S/c1-12-19-17(23-20-12)22-15-9-5-8-14(10-15)16(21)18-11-13-6-3-2-4-7-13/h2-10H,11H2,1H3,(H,18,21). The first kappa shape index (κ1) is 15.2. The van der Waals surface area contributed by atoms with E-state index in [-0.39, 0.29) is 5.91 Å². The van der Waals surface area contributed by atoms with Crippen LogP contribution in [0.2, 0.25) is 0 Å². The van der Waals surface area contributed by atoms with Crippen LogP contribution in [0.5, 0.6) is 10.9 Å². The lowest BCUT2D eigenvalue weighted by molar-refractivity contribution is 0.0950. The summed E-state index contributed by atoms with van der Waals surface area (Å²) in [6.45, 7) is 2.29. The minimum absolute atomic E-state index is 0.146. The van der Waals surface area contributed by atoms with Gasteiger partial charge in [0.1, 0.15) is 11.6 Å². The second-order valence-electron chi connectivity index (χ2n) is 4.91. The Balaban J connectivity index is 1.65. The molecule has 0 aliphatic heterocycles. The molecule has 0 aliphatic rings. The van der Waals surface area contributed by atoms with E-state index in [1.807, 2.05) is 30.3 Å². The fraction of sp³-hybridized carbons (Fsp3) is 0.118.